The van der Waals surface area contributed by atoms with Crippen LogP contribution in [0, 0.1) is 5.82 Å². The third-order valence-corrected chi connectivity index (χ3v) is 5.80. The van der Waals surface area contributed by atoms with Gasteiger partial charge < -0.3 is 0 Å². The van der Waals surface area contributed by atoms with E-state index in [0.29, 0.717) is 33.4 Å². The monoisotopic (exact) mass is 419 g/mol. The molecule has 0 atom stereocenters. The summed E-state index contributed by atoms with van der Waals surface area (Å²) in [7, 11) is 0. The van der Waals surface area contributed by atoms with Crippen molar-refractivity contribution in [1.29, 1.82) is 0 Å². The summed E-state index contributed by atoms with van der Waals surface area (Å²) in [5, 5.41) is 1.47. The van der Waals surface area contributed by atoms with Crippen molar-refractivity contribution in [2.75, 3.05) is 17.4 Å². The molecule has 0 radical (unpaired) electrons. The molecule has 0 fully saturated rings. The first-order valence-electron chi connectivity index (χ1n) is 8.49. The molecule has 0 aliphatic rings. The molecule has 0 bridgehead atoms. The van der Waals surface area contributed by atoms with Gasteiger partial charge in [-0.15, -0.1) is 11.8 Å². The van der Waals surface area contributed by atoms with Crippen LogP contribution in [0.4, 0.5) is 4.39 Å². The van der Waals surface area contributed by atoms with E-state index < -0.39 is 0 Å². The summed E-state index contributed by atoms with van der Waals surface area (Å²) in [6.07, 6.45) is 0. The van der Waals surface area contributed by atoms with Gasteiger partial charge in [0.25, 0.3) is 11.5 Å². The highest BCUT2D eigenvalue weighted by molar-refractivity contribution is 8.16. The van der Waals surface area contributed by atoms with E-state index in [1.165, 1.54) is 40.2 Å². The Hall–Kier alpha value is -2.36. The lowest BCUT2D eigenvalue weighted by Gasteiger charge is -2.13. The quantitative estimate of drug-likeness (QED) is 0.198. The van der Waals surface area contributed by atoms with Gasteiger partial charge in [0.2, 0.25) is 0 Å². The van der Waals surface area contributed by atoms with Crippen molar-refractivity contribution in [1.82, 2.24) is 15.0 Å². The van der Waals surface area contributed by atoms with E-state index >= 15 is 0 Å². The van der Waals surface area contributed by atoms with Gasteiger partial charge in [0, 0.05) is 5.08 Å². The number of hydrogen-bond acceptors (Lipinski definition) is 6. The van der Waals surface area contributed by atoms with E-state index in [1.807, 2.05) is 6.07 Å². The summed E-state index contributed by atoms with van der Waals surface area (Å²) in [5.41, 5.74) is 3.23. The van der Waals surface area contributed by atoms with Crippen molar-refractivity contribution >= 4 is 40.3 Å². The maximum atomic E-state index is 13.3. The summed E-state index contributed by atoms with van der Waals surface area (Å²) in [6.45, 7) is 2.18. The van der Waals surface area contributed by atoms with Crippen LogP contribution in [-0.4, -0.2) is 32.9 Å². The van der Waals surface area contributed by atoms with Crippen molar-refractivity contribution in [2.45, 2.75) is 12.1 Å². The molecule has 0 saturated carbocycles. The Morgan fingerprint density at radius 3 is 2.71 bits per heavy atom. The summed E-state index contributed by atoms with van der Waals surface area (Å²) in [4.78, 5) is 34.1. The maximum absolute atomic E-state index is 13.3. The van der Waals surface area contributed by atoms with Crippen molar-refractivity contribution in [2.24, 2.45) is 0 Å². The summed E-state index contributed by atoms with van der Waals surface area (Å²) in [5.74, 6) is -0.382. The highest BCUT2D eigenvalue weighted by Gasteiger charge is 2.13. The van der Waals surface area contributed by atoms with E-state index in [1.54, 1.807) is 37.3 Å². The number of nitrogens with zero attached hydrogens (tertiary/aromatic N) is 2. The molecule has 2 aromatic carbocycles. The van der Waals surface area contributed by atoms with Gasteiger partial charge in [0.05, 0.1) is 29.0 Å². The normalized spacial score (nSPS) is 10.9. The Morgan fingerprint density at radius 2 is 1.96 bits per heavy atom. The first-order chi connectivity index (χ1) is 13.6. The van der Waals surface area contributed by atoms with Gasteiger partial charge in [-0.05, 0) is 43.3 Å². The lowest BCUT2D eigenvalue weighted by atomic mass is 10.2. The molecule has 0 aliphatic heterocycles. The van der Waals surface area contributed by atoms with Gasteiger partial charge in [-0.3, -0.25) is 19.0 Å². The van der Waals surface area contributed by atoms with Crippen molar-refractivity contribution in [3.63, 3.8) is 0 Å². The number of amides is 1. The molecule has 6 nitrogen and oxygen atoms in total. The molecule has 0 unspecified atom stereocenters. The standard InChI is InChI=1S/C19H18FN3O3S2/c1-2-26-22-17(24)11-27-12-28-19-21-16-6-4-3-5-15(16)18(25)23(19)14-9-7-13(20)8-10-14/h3-10H,2,11-12H2,1H3,(H,22,24). The van der Waals surface area contributed by atoms with Crippen molar-refractivity contribution in [3.05, 3.63) is 64.7 Å². The molecule has 1 heterocycles. The predicted octanol–water partition coefficient (Wildman–Crippen LogP) is 3.38. The number of para-hydroxylation sites is 1. The van der Waals surface area contributed by atoms with Crippen LogP contribution >= 0.6 is 23.5 Å². The zero-order chi connectivity index (χ0) is 19.9. The van der Waals surface area contributed by atoms with E-state index in [2.05, 4.69) is 10.5 Å². The number of aromatic nitrogens is 2. The van der Waals surface area contributed by atoms with Gasteiger partial charge in [-0.25, -0.2) is 14.9 Å². The largest absolute Gasteiger partial charge is 0.274 e. The molecular formula is C19H18FN3O3S2. The Labute approximate surface area is 169 Å². The molecule has 9 heteroatoms. The van der Waals surface area contributed by atoms with E-state index in [9.17, 15) is 14.0 Å². The Bertz CT molecular complexity index is 1030. The number of hydroxylamine groups is 1. The fourth-order valence-electron chi connectivity index (χ4n) is 2.44. The zero-order valence-electron chi connectivity index (χ0n) is 15.1. The molecule has 3 rings (SSSR count). The Kier molecular flexibility index (Phi) is 7.07. The number of nitrogens with one attached hydrogen (secondary N) is 1. The average molecular weight is 420 g/mol. The minimum absolute atomic E-state index is 0.223. The molecular weight excluding hydrogens is 401 g/mol. The Morgan fingerprint density at radius 1 is 1.21 bits per heavy atom. The van der Waals surface area contributed by atoms with E-state index in [0.717, 1.165) is 0 Å². The smallest absolute Gasteiger partial charge is 0.266 e. The predicted molar refractivity (Wildman–Crippen MR) is 110 cm³/mol. The van der Waals surface area contributed by atoms with Gasteiger partial charge >= 0.3 is 0 Å². The van der Waals surface area contributed by atoms with Crippen molar-refractivity contribution in [3.8, 4) is 5.69 Å². The third-order valence-electron chi connectivity index (χ3n) is 3.66. The zero-order valence-corrected chi connectivity index (χ0v) is 16.7. The number of benzene rings is 2. The number of fused-ring (bicyclic) bond motifs is 1. The number of hydrogen-bond donors (Lipinski definition) is 1. The first-order valence-corrected chi connectivity index (χ1v) is 10.6. The highest BCUT2D eigenvalue weighted by Crippen LogP contribution is 2.24. The van der Waals surface area contributed by atoms with Crippen LogP contribution in [0.25, 0.3) is 16.6 Å². The maximum Gasteiger partial charge on any atom is 0.266 e. The Balaban J connectivity index is 1.85. The summed E-state index contributed by atoms with van der Waals surface area (Å²) in [6, 6.07) is 12.8. The lowest BCUT2D eigenvalue weighted by molar-refractivity contribution is -0.130. The number of rotatable bonds is 8. The first kappa shape index (κ1) is 20.4. The van der Waals surface area contributed by atoms with Crippen LogP contribution in [0.3, 0.4) is 0 Å². The fourth-order valence-corrected chi connectivity index (χ4v) is 4.25. The van der Waals surface area contributed by atoms with Crippen LogP contribution in [0.5, 0.6) is 0 Å². The molecule has 146 valence electrons. The minimum atomic E-state index is -0.379. The molecule has 28 heavy (non-hydrogen) atoms. The highest BCUT2D eigenvalue weighted by atomic mass is 32.2. The summed E-state index contributed by atoms with van der Waals surface area (Å²) < 4.78 is 14.8. The average Bonchev–Trinajstić information content (AvgIpc) is 2.71. The van der Waals surface area contributed by atoms with Gasteiger partial charge in [0.15, 0.2) is 5.16 Å². The topological polar surface area (TPSA) is 73.2 Å². The summed E-state index contributed by atoms with van der Waals surface area (Å²) >= 11 is 2.72. The lowest BCUT2D eigenvalue weighted by Crippen LogP contribution is -2.25. The van der Waals surface area contributed by atoms with Crippen LogP contribution in [0.2, 0.25) is 0 Å². The van der Waals surface area contributed by atoms with Crippen LogP contribution in [-0.2, 0) is 9.63 Å². The molecule has 0 aliphatic carbocycles. The van der Waals surface area contributed by atoms with Crippen LogP contribution in [0.15, 0.2) is 58.5 Å². The molecule has 3 aromatic rings. The minimum Gasteiger partial charge on any atom is -0.274 e. The van der Waals surface area contributed by atoms with E-state index in [4.69, 9.17) is 4.84 Å². The second-order valence-corrected chi connectivity index (χ2v) is 7.89. The van der Waals surface area contributed by atoms with Crippen molar-refractivity contribution < 1.29 is 14.0 Å². The third kappa shape index (κ3) is 4.92. The van der Waals surface area contributed by atoms with Gasteiger partial charge in [0.1, 0.15) is 5.82 Å². The molecule has 0 spiro atoms. The second kappa shape index (κ2) is 9.72. The number of halogens is 1. The van der Waals surface area contributed by atoms with E-state index in [-0.39, 0.29) is 23.0 Å². The molecule has 1 N–H and O–H groups in total. The molecule has 0 saturated heterocycles. The number of carbonyl (C=O) groups excluding carboxylic acids is 1. The molecule has 1 amide bonds. The van der Waals surface area contributed by atoms with Gasteiger partial charge in [-0.2, -0.15) is 0 Å². The van der Waals surface area contributed by atoms with Crippen LogP contribution < -0.4 is 11.0 Å². The second-order valence-electron chi connectivity index (χ2n) is 5.60. The number of thioether (sulfide) groups is 2. The van der Waals surface area contributed by atoms with Gasteiger partial charge in [-0.1, -0.05) is 23.9 Å². The molecule has 1 aromatic heterocycles. The number of carbonyl (C=O) groups is 1. The SMILES string of the molecule is CCONC(=O)CSCSc1nc2ccccc2c(=O)n1-c1ccc(F)cc1. The van der Waals surface area contributed by atoms with Crippen LogP contribution in [0.1, 0.15) is 6.92 Å². The fraction of sp³-hybridized carbons (Fsp3) is 0.211.